The Morgan fingerprint density at radius 1 is 1.22 bits per heavy atom. The van der Waals surface area contributed by atoms with Crippen molar-refractivity contribution in [3.8, 4) is 0 Å². The van der Waals surface area contributed by atoms with Crippen LogP contribution in [-0.4, -0.2) is 56.9 Å². The molecule has 2 aliphatic rings. The summed E-state index contributed by atoms with van der Waals surface area (Å²) in [5, 5.41) is 5.46. The minimum Gasteiger partial charge on any atom is -0.381 e. The molecule has 0 aliphatic carbocycles. The number of nitrogens with one attached hydrogen (secondary N) is 2. The van der Waals surface area contributed by atoms with E-state index >= 15 is 0 Å². The molecule has 0 radical (unpaired) electrons. The van der Waals surface area contributed by atoms with Gasteiger partial charge in [0.1, 0.15) is 0 Å². The van der Waals surface area contributed by atoms with Crippen LogP contribution in [0.2, 0.25) is 0 Å². The summed E-state index contributed by atoms with van der Waals surface area (Å²) in [7, 11) is -3.68. The van der Waals surface area contributed by atoms with E-state index in [2.05, 4.69) is 17.2 Å². The van der Waals surface area contributed by atoms with E-state index in [0.29, 0.717) is 31.7 Å². The molecule has 2 fully saturated rings. The number of carbonyl (C=O) groups excluding carboxylic acids is 2. The average Bonchev–Trinajstić information content (AvgIpc) is 2.64. The third-order valence-corrected chi connectivity index (χ3v) is 6.54. The number of ether oxygens (including phenoxy) is 1. The number of hydrogen-bond acceptors (Lipinski definition) is 5. The number of benzene rings is 1. The standard InChI is InChI=1S/C18H23N3O5S/c1-2-17(22)19-15-11-21(12-15)27(24,25)16-5-3-4-14(10-16)20-18(23)13-6-8-26-9-7-13/h2-5,10,13,15H,1,6-9,11-12H2,(H,19,22)(H,20,23). The second-order valence-corrected chi connectivity index (χ2v) is 8.57. The van der Waals surface area contributed by atoms with Gasteiger partial charge in [0.15, 0.2) is 0 Å². The predicted octanol–water partition coefficient (Wildman–Crippen LogP) is 0.727. The fourth-order valence-electron chi connectivity index (χ4n) is 3.07. The summed E-state index contributed by atoms with van der Waals surface area (Å²) in [5.41, 5.74) is 0.449. The fraction of sp³-hybridized carbons (Fsp3) is 0.444. The van der Waals surface area contributed by atoms with E-state index in [1.807, 2.05) is 0 Å². The van der Waals surface area contributed by atoms with E-state index in [-0.39, 0.29) is 41.8 Å². The Morgan fingerprint density at radius 3 is 2.59 bits per heavy atom. The summed E-state index contributed by atoms with van der Waals surface area (Å²) < 4.78 is 32.0. The van der Waals surface area contributed by atoms with Crippen molar-refractivity contribution >= 4 is 27.5 Å². The van der Waals surface area contributed by atoms with Gasteiger partial charge in [-0.05, 0) is 37.1 Å². The first-order chi connectivity index (χ1) is 12.9. The summed E-state index contributed by atoms with van der Waals surface area (Å²) in [6, 6.07) is 6.00. The van der Waals surface area contributed by atoms with Gasteiger partial charge in [-0.25, -0.2) is 8.42 Å². The first-order valence-electron chi connectivity index (χ1n) is 8.82. The molecular formula is C18H23N3O5S. The van der Waals surface area contributed by atoms with Crippen LogP contribution in [0.3, 0.4) is 0 Å². The molecule has 2 amide bonds. The van der Waals surface area contributed by atoms with Crippen molar-refractivity contribution in [3.05, 3.63) is 36.9 Å². The lowest BCUT2D eigenvalue weighted by Crippen LogP contribution is -2.60. The molecule has 0 saturated carbocycles. The molecule has 9 heteroatoms. The summed E-state index contributed by atoms with van der Waals surface area (Å²) >= 11 is 0. The second kappa shape index (κ2) is 8.20. The molecule has 0 unspecified atom stereocenters. The maximum Gasteiger partial charge on any atom is 0.243 e. The molecule has 0 aromatic heterocycles. The monoisotopic (exact) mass is 393 g/mol. The molecule has 1 aromatic carbocycles. The van der Waals surface area contributed by atoms with Crippen LogP contribution in [0, 0.1) is 5.92 Å². The predicted molar refractivity (Wildman–Crippen MR) is 99.5 cm³/mol. The van der Waals surface area contributed by atoms with Gasteiger partial charge in [0.05, 0.1) is 10.9 Å². The second-order valence-electron chi connectivity index (χ2n) is 6.64. The van der Waals surface area contributed by atoms with Crippen LogP contribution in [0.5, 0.6) is 0 Å². The Balaban J connectivity index is 1.63. The van der Waals surface area contributed by atoms with E-state index in [0.717, 1.165) is 6.08 Å². The van der Waals surface area contributed by atoms with Crippen LogP contribution in [0.4, 0.5) is 5.69 Å². The Morgan fingerprint density at radius 2 is 1.93 bits per heavy atom. The molecular weight excluding hydrogens is 370 g/mol. The topological polar surface area (TPSA) is 105 Å². The molecule has 2 N–H and O–H groups in total. The van der Waals surface area contributed by atoms with Crippen molar-refractivity contribution in [2.24, 2.45) is 5.92 Å². The first-order valence-corrected chi connectivity index (χ1v) is 10.3. The zero-order chi connectivity index (χ0) is 19.4. The molecule has 3 rings (SSSR count). The van der Waals surface area contributed by atoms with Gasteiger partial charge < -0.3 is 15.4 Å². The summed E-state index contributed by atoms with van der Waals surface area (Å²) in [4.78, 5) is 23.7. The van der Waals surface area contributed by atoms with Gasteiger partial charge >= 0.3 is 0 Å². The smallest absolute Gasteiger partial charge is 0.243 e. The lowest BCUT2D eigenvalue weighted by Gasteiger charge is -2.38. The van der Waals surface area contributed by atoms with Crippen molar-refractivity contribution in [2.45, 2.75) is 23.8 Å². The van der Waals surface area contributed by atoms with Crippen LogP contribution in [0.15, 0.2) is 41.8 Å². The van der Waals surface area contributed by atoms with Gasteiger partial charge in [0.2, 0.25) is 21.8 Å². The highest BCUT2D eigenvalue weighted by molar-refractivity contribution is 7.89. The first kappa shape index (κ1) is 19.5. The third-order valence-electron chi connectivity index (χ3n) is 4.71. The minimum absolute atomic E-state index is 0.112. The molecule has 8 nitrogen and oxygen atoms in total. The number of nitrogens with zero attached hydrogens (tertiary/aromatic N) is 1. The highest BCUT2D eigenvalue weighted by atomic mass is 32.2. The van der Waals surface area contributed by atoms with Crippen molar-refractivity contribution in [1.29, 1.82) is 0 Å². The van der Waals surface area contributed by atoms with E-state index in [1.54, 1.807) is 12.1 Å². The quantitative estimate of drug-likeness (QED) is 0.693. The van der Waals surface area contributed by atoms with Gasteiger partial charge in [-0.3, -0.25) is 9.59 Å². The summed E-state index contributed by atoms with van der Waals surface area (Å²) in [6.45, 7) is 4.91. The van der Waals surface area contributed by atoms with Crippen LogP contribution in [0.1, 0.15) is 12.8 Å². The van der Waals surface area contributed by atoms with E-state index in [4.69, 9.17) is 4.74 Å². The maximum absolute atomic E-state index is 12.7. The molecule has 0 bridgehead atoms. The SMILES string of the molecule is C=CC(=O)NC1CN(S(=O)(=O)c2cccc(NC(=O)C3CCOCC3)c2)C1. The number of anilines is 1. The molecule has 146 valence electrons. The Labute approximate surface area is 158 Å². The van der Waals surface area contributed by atoms with Gasteiger partial charge in [-0.1, -0.05) is 12.6 Å². The lowest BCUT2D eigenvalue weighted by molar-refractivity contribution is -0.122. The Hall–Kier alpha value is -2.23. The van der Waals surface area contributed by atoms with Gasteiger partial charge in [-0.15, -0.1) is 0 Å². The number of sulfonamides is 1. The molecule has 0 spiro atoms. The van der Waals surface area contributed by atoms with Crippen LogP contribution < -0.4 is 10.6 Å². The number of hydrogen-bond donors (Lipinski definition) is 2. The minimum atomic E-state index is -3.68. The maximum atomic E-state index is 12.7. The fourth-order valence-corrected chi connectivity index (χ4v) is 4.65. The molecule has 2 aliphatic heterocycles. The van der Waals surface area contributed by atoms with Crippen LogP contribution >= 0.6 is 0 Å². The number of carbonyl (C=O) groups is 2. The molecule has 0 atom stereocenters. The Kier molecular flexibility index (Phi) is 5.93. The van der Waals surface area contributed by atoms with Crippen molar-refractivity contribution in [1.82, 2.24) is 9.62 Å². The summed E-state index contributed by atoms with van der Waals surface area (Å²) in [6.07, 6.45) is 2.48. The van der Waals surface area contributed by atoms with Crippen molar-refractivity contribution in [2.75, 3.05) is 31.6 Å². The summed E-state index contributed by atoms with van der Waals surface area (Å²) in [5.74, 6) is -0.567. The van der Waals surface area contributed by atoms with E-state index in [9.17, 15) is 18.0 Å². The zero-order valence-electron chi connectivity index (χ0n) is 14.9. The van der Waals surface area contributed by atoms with Gasteiger partial charge in [-0.2, -0.15) is 4.31 Å². The van der Waals surface area contributed by atoms with Crippen LogP contribution in [-0.2, 0) is 24.3 Å². The molecule has 2 heterocycles. The van der Waals surface area contributed by atoms with E-state index < -0.39 is 10.0 Å². The van der Waals surface area contributed by atoms with E-state index in [1.165, 1.54) is 16.4 Å². The highest BCUT2D eigenvalue weighted by Gasteiger charge is 2.37. The Bertz CT molecular complexity index is 827. The van der Waals surface area contributed by atoms with Crippen molar-refractivity contribution in [3.63, 3.8) is 0 Å². The lowest BCUT2D eigenvalue weighted by atomic mass is 9.99. The molecule has 1 aromatic rings. The number of amides is 2. The molecule has 2 saturated heterocycles. The van der Waals surface area contributed by atoms with Gasteiger partial charge in [0, 0.05) is 37.9 Å². The average molecular weight is 393 g/mol. The zero-order valence-corrected chi connectivity index (χ0v) is 15.7. The third kappa shape index (κ3) is 4.55. The normalized spacial score (nSPS) is 19.1. The largest absolute Gasteiger partial charge is 0.381 e. The molecule has 27 heavy (non-hydrogen) atoms. The van der Waals surface area contributed by atoms with Gasteiger partial charge in [0.25, 0.3) is 0 Å². The van der Waals surface area contributed by atoms with Crippen molar-refractivity contribution < 1.29 is 22.7 Å². The number of rotatable bonds is 6. The van der Waals surface area contributed by atoms with Crippen LogP contribution in [0.25, 0.3) is 0 Å². The highest BCUT2D eigenvalue weighted by Crippen LogP contribution is 2.25.